The van der Waals surface area contributed by atoms with Crippen molar-refractivity contribution in [1.82, 2.24) is 10.6 Å². The Bertz CT molecular complexity index is 316. The first kappa shape index (κ1) is 19.3. The Balaban J connectivity index is 2.55. The molecule has 0 aromatic heterocycles. The number of rotatable bonds is 7. The first-order chi connectivity index (χ1) is 10.4. The Kier molecular flexibility index (Phi) is 8.23. The zero-order valence-corrected chi connectivity index (χ0v) is 15.2. The lowest BCUT2D eigenvalue weighted by atomic mass is 9.83. The van der Waals surface area contributed by atoms with E-state index in [1.807, 2.05) is 20.8 Å². The van der Waals surface area contributed by atoms with Crippen molar-refractivity contribution in [1.29, 1.82) is 0 Å². The number of carbonyl (C=O) groups excluding carboxylic acids is 1. The number of carbonyl (C=O) groups is 1. The van der Waals surface area contributed by atoms with Crippen LogP contribution in [0, 0.1) is 5.92 Å². The molecule has 0 aromatic carbocycles. The van der Waals surface area contributed by atoms with Gasteiger partial charge in [-0.2, -0.15) is 0 Å². The summed E-state index contributed by atoms with van der Waals surface area (Å²) >= 11 is 0. The summed E-state index contributed by atoms with van der Waals surface area (Å²) in [6.45, 7) is 10.8. The Morgan fingerprint density at radius 3 is 2.23 bits per heavy atom. The first-order valence-corrected chi connectivity index (χ1v) is 9.08. The van der Waals surface area contributed by atoms with Crippen LogP contribution in [0.5, 0.6) is 0 Å². The van der Waals surface area contributed by atoms with Gasteiger partial charge in [0.15, 0.2) is 0 Å². The predicted octanol–water partition coefficient (Wildman–Crippen LogP) is 4.24. The molecule has 2 N–H and O–H groups in total. The normalized spacial score (nSPS) is 18.3. The summed E-state index contributed by atoms with van der Waals surface area (Å²) in [4.78, 5) is 11.9. The van der Waals surface area contributed by atoms with Crippen molar-refractivity contribution >= 4 is 6.09 Å². The van der Waals surface area contributed by atoms with Crippen molar-refractivity contribution in [3.05, 3.63) is 0 Å². The third-order valence-corrected chi connectivity index (χ3v) is 4.52. The molecule has 0 saturated heterocycles. The van der Waals surface area contributed by atoms with E-state index in [1.54, 1.807) is 0 Å². The zero-order chi connectivity index (χ0) is 16.6. The minimum atomic E-state index is -0.437. The second-order valence-corrected chi connectivity index (χ2v) is 7.57. The zero-order valence-electron chi connectivity index (χ0n) is 15.2. The van der Waals surface area contributed by atoms with Gasteiger partial charge in [-0.1, -0.05) is 33.1 Å². The van der Waals surface area contributed by atoms with Gasteiger partial charge >= 0.3 is 6.09 Å². The molecule has 1 atom stereocenters. The summed E-state index contributed by atoms with van der Waals surface area (Å²) in [6, 6.07) is 0.894. The minimum absolute atomic E-state index is 0.306. The molecule has 1 aliphatic carbocycles. The Hall–Kier alpha value is -0.770. The van der Waals surface area contributed by atoms with Crippen LogP contribution in [0.25, 0.3) is 0 Å². The van der Waals surface area contributed by atoms with Gasteiger partial charge in [-0.3, -0.25) is 0 Å². The van der Waals surface area contributed by atoms with Crippen LogP contribution in [0.15, 0.2) is 0 Å². The fourth-order valence-electron chi connectivity index (χ4n) is 3.23. The molecular formula is C18H36N2O2. The number of nitrogens with one attached hydrogen (secondary N) is 2. The highest BCUT2D eigenvalue weighted by Gasteiger charge is 2.26. The lowest BCUT2D eigenvalue weighted by molar-refractivity contribution is 0.0514. The molecule has 1 unspecified atom stereocenters. The summed E-state index contributed by atoms with van der Waals surface area (Å²) in [5.74, 6) is 0.671. The molecule has 4 heteroatoms. The number of hydrogen-bond acceptors (Lipinski definition) is 3. The molecule has 0 bridgehead atoms. The van der Waals surface area contributed by atoms with Crippen molar-refractivity contribution in [2.75, 3.05) is 6.54 Å². The minimum Gasteiger partial charge on any atom is -0.444 e. The molecule has 1 aliphatic rings. The van der Waals surface area contributed by atoms with Gasteiger partial charge in [0.05, 0.1) is 0 Å². The van der Waals surface area contributed by atoms with Gasteiger partial charge < -0.3 is 15.4 Å². The van der Waals surface area contributed by atoms with Crippen LogP contribution in [0.4, 0.5) is 4.79 Å². The molecule has 1 saturated carbocycles. The van der Waals surface area contributed by atoms with E-state index in [0.717, 1.165) is 12.8 Å². The summed E-state index contributed by atoms with van der Waals surface area (Å²) in [5, 5.41) is 6.74. The van der Waals surface area contributed by atoms with E-state index in [4.69, 9.17) is 4.74 Å². The van der Waals surface area contributed by atoms with Crippen LogP contribution < -0.4 is 10.6 Å². The smallest absolute Gasteiger partial charge is 0.407 e. The fraction of sp³-hybridized carbons (Fsp3) is 0.944. The number of alkyl carbamates (subject to hydrolysis) is 1. The molecule has 22 heavy (non-hydrogen) atoms. The van der Waals surface area contributed by atoms with Gasteiger partial charge in [-0.05, 0) is 52.4 Å². The topological polar surface area (TPSA) is 50.4 Å². The fourth-order valence-corrected chi connectivity index (χ4v) is 3.23. The number of ether oxygens (including phenoxy) is 1. The molecule has 1 rings (SSSR count). The van der Waals surface area contributed by atoms with Gasteiger partial charge in [-0.15, -0.1) is 0 Å². The molecule has 130 valence electrons. The van der Waals surface area contributed by atoms with Crippen molar-refractivity contribution in [2.24, 2.45) is 5.92 Å². The number of amides is 1. The monoisotopic (exact) mass is 312 g/mol. The summed E-state index contributed by atoms with van der Waals surface area (Å²) in [7, 11) is 0. The molecule has 0 aliphatic heterocycles. The van der Waals surface area contributed by atoms with Crippen LogP contribution in [0.2, 0.25) is 0 Å². The Labute approximate surface area is 136 Å². The Morgan fingerprint density at radius 1 is 1.14 bits per heavy atom. The first-order valence-electron chi connectivity index (χ1n) is 9.08. The standard InChI is InChI=1S/C18H36N2O2/c1-6-15(7-2)20-16(14-11-9-8-10-12-14)13-19-17(21)22-18(3,4)5/h14-16,20H,6-13H2,1-5H3,(H,19,21). The molecular weight excluding hydrogens is 276 g/mol. The van der Waals surface area contributed by atoms with E-state index in [1.165, 1.54) is 32.1 Å². The van der Waals surface area contributed by atoms with Gasteiger partial charge in [0.2, 0.25) is 0 Å². The molecule has 4 nitrogen and oxygen atoms in total. The van der Waals surface area contributed by atoms with Crippen molar-refractivity contribution in [3.63, 3.8) is 0 Å². The molecule has 1 amide bonds. The summed E-state index contributed by atoms with van der Waals surface area (Å²) < 4.78 is 5.36. The third kappa shape index (κ3) is 7.48. The predicted molar refractivity (Wildman–Crippen MR) is 92.1 cm³/mol. The SMILES string of the molecule is CCC(CC)NC(CNC(=O)OC(C)(C)C)C1CCCCC1. The van der Waals surface area contributed by atoms with E-state index < -0.39 is 5.60 Å². The lowest BCUT2D eigenvalue weighted by Gasteiger charge is -2.34. The van der Waals surface area contributed by atoms with Gasteiger partial charge in [-0.25, -0.2) is 4.79 Å². The summed E-state index contributed by atoms with van der Waals surface area (Å²) in [5.41, 5.74) is -0.437. The van der Waals surface area contributed by atoms with Crippen molar-refractivity contribution in [3.8, 4) is 0 Å². The van der Waals surface area contributed by atoms with Crippen LogP contribution >= 0.6 is 0 Å². The Morgan fingerprint density at radius 2 is 1.73 bits per heavy atom. The maximum atomic E-state index is 11.9. The second kappa shape index (κ2) is 9.39. The average Bonchev–Trinajstić information content (AvgIpc) is 2.47. The second-order valence-electron chi connectivity index (χ2n) is 7.57. The summed E-state index contributed by atoms with van der Waals surface area (Å²) in [6.07, 6.45) is 8.49. The highest BCUT2D eigenvalue weighted by Crippen LogP contribution is 2.27. The third-order valence-electron chi connectivity index (χ3n) is 4.52. The molecule has 1 fully saturated rings. The van der Waals surface area contributed by atoms with E-state index in [9.17, 15) is 4.79 Å². The van der Waals surface area contributed by atoms with Gasteiger partial charge in [0.1, 0.15) is 5.60 Å². The van der Waals surface area contributed by atoms with Crippen molar-refractivity contribution in [2.45, 2.75) is 97.2 Å². The number of hydrogen-bond donors (Lipinski definition) is 2. The molecule has 0 aromatic rings. The van der Waals surface area contributed by atoms with Crippen LogP contribution in [-0.2, 0) is 4.74 Å². The van der Waals surface area contributed by atoms with Crippen LogP contribution in [0.3, 0.4) is 0 Å². The van der Waals surface area contributed by atoms with E-state index in [2.05, 4.69) is 24.5 Å². The average molecular weight is 312 g/mol. The largest absolute Gasteiger partial charge is 0.444 e. The maximum Gasteiger partial charge on any atom is 0.407 e. The quantitative estimate of drug-likeness (QED) is 0.739. The van der Waals surface area contributed by atoms with E-state index in [-0.39, 0.29) is 6.09 Å². The van der Waals surface area contributed by atoms with Gasteiger partial charge in [0.25, 0.3) is 0 Å². The molecule has 0 heterocycles. The molecule has 0 spiro atoms. The maximum absolute atomic E-state index is 11.9. The highest BCUT2D eigenvalue weighted by atomic mass is 16.6. The van der Waals surface area contributed by atoms with E-state index in [0.29, 0.717) is 24.5 Å². The van der Waals surface area contributed by atoms with Gasteiger partial charge in [0, 0.05) is 18.6 Å². The lowest BCUT2D eigenvalue weighted by Crippen LogP contribution is -2.50. The highest BCUT2D eigenvalue weighted by molar-refractivity contribution is 5.67. The van der Waals surface area contributed by atoms with Crippen LogP contribution in [-0.4, -0.2) is 30.3 Å². The van der Waals surface area contributed by atoms with E-state index >= 15 is 0 Å². The van der Waals surface area contributed by atoms with Crippen molar-refractivity contribution < 1.29 is 9.53 Å². The van der Waals surface area contributed by atoms with Crippen LogP contribution in [0.1, 0.15) is 79.6 Å². The molecule has 0 radical (unpaired) electrons.